The number of aromatic nitrogens is 1. The van der Waals surface area contributed by atoms with Crippen LogP contribution in [-0.2, 0) is 12.4 Å². The molecule has 2 amide bonds. The van der Waals surface area contributed by atoms with Crippen molar-refractivity contribution in [2.45, 2.75) is 26.2 Å². The van der Waals surface area contributed by atoms with E-state index in [1.807, 2.05) is 41.4 Å². The van der Waals surface area contributed by atoms with Gasteiger partial charge >= 0.3 is 12.4 Å². The summed E-state index contributed by atoms with van der Waals surface area (Å²) in [6, 6.07) is 10.5. The first-order valence-corrected chi connectivity index (χ1v) is 9.43. The van der Waals surface area contributed by atoms with Crippen LogP contribution >= 0.6 is 0 Å². The van der Waals surface area contributed by atoms with Crippen molar-refractivity contribution in [1.29, 1.82) is 0 Å². The fraction of sp³-hybridized carbons (Fsp3) is 0.182. The number of hydrogen-bond acceptors (Lipinski definition) is 2. The third-order valence-corrected chi connectivity index (χ3v) is 4.80. The number of aryl methyl sites for hydroxylation is 2. The minimum Gasteiger partial charge on any atom is -0.319 e. The molecule has 0 saturated carbocycles. The van der Waals surface area contributed by atoms with Gasteiger partial charge in [-0.05, 0) is 68.4 Å². The molecule has 0 aliphatic heterocycles. The van der Waals surface area contributed by atoms with Crippen molar-refractivity contribution in [1.82, 2.24) is 15.4 Å². The second kappa shape index (κ2) is 8.64. The highest BCUT2D eigenvalue weighted by atomic mass is 19.4. The van der Waals surface area contributed by atoms with Crippen molar-refractivity contribution in [3.8, 4) is 5.69 Å². The standard InChI is InChI=1S/C22H17F6N3O2/c1-12-3-4-13(2)31(12)18-7-5-14(6-8-18)19(32)29-30-20(33)15-9-16(21(23,24)25)11-17(10-15)22(26,27)28/h3-11H,1-2H3,(H,29,32)(H,30,33). The molecular weight excluding hydrogens is 452 g/mol. The summed E-state index contributed by atoms with van der Waals surface area (Å²) in [5, 5.41) is 0. The smallest absolute Gasteiger partial charge is 0.319 e. The SMILES string of the molecule is Cc1ccc(C)n1-c1ccc(C(=O)NNC(=O)c2cc(C(F)(F)F)cc(C(F)(F)F)c2)cc1. The van der Waals surface area contributed by atoms with E-state index in [-0.39, 0.29) is 23.8 Å². The molecule has 174 valence electrons. The lowest BCUT2D eigenvalue weighted by molar-refractivity contribution is -0.143. The first-order chi connectivity index (χ1) is 15.3. The van der Waals surface area contributed by atoms with Gasteiger partial charge in [0.1, 0.15) is 0 Å². The average molecular weight is 469 g/mol. The Labute approximate surface area is 184 Å². The molecule has 0 aliphatic rings. The molecule has 0 atom stereocenters. The predicted octanol–water partition coefficient (Wildman–Crippen LogP) is 5.21. The summed E-state index contributed by atoms with van der Waals surface area (Å²) in [6.07, 6.45) is -10.2. The van der Waals surface area contributed by atoms with Crippen LogP contribution in [0.5, 0.6) is 0 Å². The zero-order chi connectivity index (χ0) is 24.6. The molecule has 0 radical (unpaired) electrons. The van der Waals surface area contributed by atoms with Gasteiger partial charge in [-0.3, -0.25) is 20.4 Å². The summed E-state index contributed by atoms with van der Waals surface area (Å²) in [7, 11) is 0. The van der Waals surface area contributed by atoms with Gasteiger partial charge in [0.25, 0.3) is 11.8 Å². The second-order valence-electron chi connectivity index (χ2n) is 7.20. The third-order valence-electron chi connectivity index (χ3n) is 4.80. The fourth-order valence-corrected chi connectivity index (χ4v) is 3.18. The van der Waals surface area contributed by atoms with E-state index in [0.717, 1.165) is 17.1 Å². The zero-order valence-corrected chi connectivity index (χ0v) is 17.2. The minimum absolute atomic E-state index is 0.0922. The van der Waals surface area contributed by atoms with Crippen LogP contribution in [0.3, 0.4) is 0 Å². The number of rotatable bonds is 3. The summed E-state index contributed by atoms with van der Waals surface area (Å²) in [4.78, 5) is 24.4. The molecule has 11 heteroatoms. The Bertz CT molecular complexity index is 1140. The lowest BCUT2D eigenvalue weighted by Crippen LogP contribution is -2.41. The van der Waals surface area contributed by atoms with E-state index in [9.17, 15) is 35.9 Å². The van der Waals surface area contributed by atoms with Gasteiger partial charge in [0, 0.05) is 28.2 Å². The topological polar surface area (TPSA) is 63.1 Å². The Morgan fingerprint density at radius 1 is 0.667 bits per heavy atom. The number of hydrazine groups is 1. The van der Waals surface area contributed by atoms with Crippen LogP contribution in [0.2, 0.25) is 0 Å². The third kappa shape index (κ3) is 5.36. The van der Waals surface area contributed by atoms with Crippen LogP contribution in [-0.4, -0.2) is 16.4 Å². The van der Waals surface area contributed by atoms with E-state index in [1.54, 1.807) is 12.1 Å². The molecule has 0 unspecified atom stereocenters. The second-order valence-corrected chi connectivity index (χ2v) is 7.20. The molecule has 0 saturated heterocycles. The van der Waals surface area contributed by atoms with Crippen molar-refractivity contribution < 1.29 is 35.9 Å². The van der Waals surface area contributed by atoms with Gasteiger partial charge in [-0.15, -0.1) is 0 Å². The van der Waals surface area contributed by atoms with Crippen LogP contribution in [0, 0.1) is 13.8 Å². The van der Waals surface area contributed by atoms with Gasteiger partial charge in [-0.2, -0.15) is 26.3 Å². The lowest BCUT2D eigenvalue weighted by atomic mass is 10.0. The summed E-state index contributed by atoms with van der Waals surface area (Å²) >= 11 is 0. The molecule has 0 bridgehead atoms. The van der Waals surface area contributed by atoms with Crippen LogP contribution in [0.1, 0.15) is 43.2 Å². The van der Waals surface area contributed by atoms with Crippen LogP contribution in [0.25, 0.3) is 5.69 Å². The van der Waals surface area contributed by atoms with Gasteiger partial charge in [-0.1, -0.05) is 0 Å². The largest absolute Gasteiger partial charge is 0.416 e. The number of nitrogens with zero attached hydrogens (tertiary/aromatic N) is 1. The highest BCUT2D eigenvalue weighted by Gasteiger charge is 2.37. The van der Waals surface area contributed by atoms with Gasteiger partial charge in [-0.25, -0.2) is 0 Å². The van der Waals surface area contributed by atoms with E-state index in [4.69, 9.17) is 0 Å². The van der Waals surface area contributed by atoms with Gasteiger partial charge in [0.2, 0.25) is 0 Å². The zero-order valence-electron chi connectivity index (χ0n) is 17.2. The first-order valence-electron chi connectivity index (χ1n) is 9.43. The number of halogens is 6. The Balaban J connectivity index is 1.75. The number of amides is 2. The summed E-state index contributed by atoms with van der Waals surface area (Å²) in [5.74, 6) is -2.14. The van der Waals surface area contributed by atoms with Crippen molar-refractivity contribution >= 4 is 11.8 Å². The van der Waals surface area contributed by atoms with Crippen LogP contribution in [0.15, 0.2) is 54.6 Å². The molecule has 0 spiro atoms. The number of carbonyl (C=O) groups is 2. The molecule has 33 heavy (non-hydrogen) atoms. The maximum absolute atomic E-state index is 12.9. The maximum Gasteiger partial charge on any atom is 0.416 e. The summed E-state index contributed by atoms with van der Waals surface area (Å²) in [6.45, 7) is 3.81. The highest BCUT2D eigenvalue weighted by Crippen LogP contribution is 2.36. The molecule has 1 heterocycles. The van der Waals surface area contributed by atoms with E-state index in [0.29, 0.717) is 0 Å². The first kappa shape index (κ1) is 23.9. The van der Waals surface area contributed by atoms with Crippen molar-refractivity contribution in [3.05, 3.63) is 88.2 Å². The normalized spacial score (nSPS) is 11.9. The number of benzene rings is 2. The summed E-state index contributed by atoms with van der Waals surface area (Å²) < 4.78 is 79.6. The molecular formula is C22H17F6N3O2. The predicted molar refractivity (Wildman–Crippen MR) is 107 cm³/mol. The van der Waals surface area contributed by atoms with E-state index in [1.165, 1.54) is 12.1 Å². The van der Waals surface area contributed by atoms with Gasteiger partial charge in [0.15, 0.2) is 0 Å². The Morgan fingerprint density at radius 2 is 1.09 bits per heavy atom. The Morgan fingerprint density at radius 3 is 1.52 bits per heavy atom. The molecule has 0 fully saturated rings. The molecule has 3 rings (SSSR count). The monoisotopic (exact) mass is 469 g/mol. The number of alkyl halides is 6. The number of nitrogens with one attached hydrogen (secondary N) is 2. The van der Waals surface area contributed by atoms with Crippen LogP contribution in [0.4, 0.5) is 26.3 Å². The van der Waals surface area contributed by atoms with Gasteiger partial charge in [0.05, 0.1) is 11.1 Å². The minimum atomic E-state index is -5.10. The molecule has 2 N–H and O–H groups in total. The molecule has 2 aromatic carbocycles. The molecule has 0 aliphatic carbocycles. The Kier molecular flexibility index (Phi) is 6.26. The maximum atomic E-state index is 12.9. The molecule has 1 aromatic heterocycles. The molecule has 5 nitrogen and oxygen atoms in total. The van der Waals surface area contributed by atoms with Gasteiger partial charge < -0.3 is 4.57 Å². The number of carbonyl (C=O) groups excluding carboxylic acids is 2. The quantitative estimate of drug-likeness (QED) is 0.409. The van der Waals surface area contributed by atoms with Crippen molar-refractivity contribution in [2.75, 3.05) is 0 Å². The Hall–Kier alpha value is -3.76. The van der Waals surface area contributed by atoms with Crippen molar-refractivity contribution in [3.63, 3.8) is 0 Å². The van der Waals surface area contributed by atoms with Crippen LogP contribution < -0.4 is 10.9 Å². The van der Waals surface area contributed by atoms with E-state index < -0.39 is 40.9 Å². The fourth-order valence-electron chi connectivity index (χ4n) is 3.18. The van der Waals surface area contributed by atoms with Crippen molar-refractivity contribution in [2.24, 2.45) is 0 Å². The highest BCUT2D eigenvalue weighted by molar-refractivity contribution is 5.99. The van der Waals surface area contributed by atoms with E-state index >= 15 is 0 Å². The average Bonchev–Trinajstić information content (AvgIpc) is 3.08. The number of hydrogen-bond donors (Lipinski definition) is 2. The lowest BCUT2D eigenvalue weighted by Gasteiger charge is -2.14. The van der Waals surface area contributed by atoms with E-state index in [2.05, 4.69) is 0 Å². The summed E-state index contributed by atoms with van der Waals surface area (Å²) in [5.41, 5.74) is 2.46. The molecule has 3 aromatic rings.